The van der Waals surface area contributed by atoms with Crippen LogP contribution in [0.3, 0.4) is 0 Å². The van der Waals surface area contributed by atoms with Crippen LogP contribution in [0.2, 0.25) is 0 Å². The molecule has 9 nitrogen and oxygen atoms in total. The number of carbonyl (C=O) groups is 2. The van der Waals surface area contributed by atoms with Gasteiger partial charge in [0.2, 0.25) is 0 Å². The molecule has 2 aromatic heterocycles. The molecular weight excluding hydrogens is 436 g/mol. The molecule has 4 aromatic rings. The van der Waals surface area contributed by atoms with E-state index in [1.54, 1.807) is 72.5 Å². The average Bonchev–Trinajstić information content (AvgIpc) is 3.48. The number of benzene rings is 2. The van der Waals surface area contributed by atoms with E-state index in [-0.39, 0.29) is 18.3 Å². The van der Waals surface area contributed by atoms with Crippen LogP contribution in [0.15, 0.2) is 77.3 Å². The van der Waals surface area contributed by atoms with E-state index in [4.69, 9.17) is 13.9 Å². The van der Waals surface area contributed by atoms with E-state index >= 15 is 0 Å². The predicted octanol–water partition coefficient (Wildman–Crippen LogP) is 4.50. The van der Waals surface area contributed by atoms with E-state index < -0.39 is 5.91 Å². The second-order valence-corrected chi connectivity index (χ2v) is 7.32. The minimum atomic E-state index is -0.416. The Hall–Kier alpha value is -4.53. The van der Waals surface area contributed by atoms with Crippen LogP contribution in [0, 0.1) is 0 Å². The van der Waals surface area contributed by atoms with Crippen molar-refractivity contribution >= 4 is 23.2 Å². The molecule has 174 valence electrons. The van der Waals surface area contributed by atoms with Crippen LogP contribution in [0.25, 0.3) is 0 Å². The van der Waals surface area contributed by atoms with E-state index in [0.29, 0.717) is 35.2 Å². The van der Waals surface area contributed by atoms with E-state index in [9.17, 15) is 9.59 Å². The topological polar surface area (TPSA) is 108 Å². The van der Waals surface area contributed by atoms with E-state index in [1.165, 1.54) is 0 Å². The monoisotopic (exact) mass is 460 g/mol. The van der Waals surface area contributed by atoms with Crippen molar-refractivity contribution in [3.63, 3.8) is 0 Å². The smallest absolute Gasteiger partial charge is 0.291 e. The van der Waals surface area contributed by atoms with Gasteiger partial charge in [-0.3, -0.25) is 14.3 Å². The third kappa shape index (κ3) is 5.83. The second kappa shape index (κ2) is 10.4. The zero-order valence-corrected chi connectivity index (χ0v) is 18.8. The van der Waals surface area contributed by atoms with Crippen molar-refractivity contribution < 1.29 is 23.5 Å². The maximum absolute atomic E-state index is 12.6. The molecule has 9 heteroatoms. The molecule has 0 aliphatic rings. The Labute approximate surface area is 196 Å². The Morgan fingerprint density at radius 2 is 1.59 bits per heavy atom. The summed E-state index contributed by atoms with van der Waals surface area (Å²) in [5.41, 5.74) is 1.33. The molecule has 0 spiro atoms. The van der Waals surface area contributed by atoms with Crippen LogP contribution in [0.1, 0.15) is 33.7 Å². The molecule has 0 saturated heterocycles. The molecule has 4 rings (SSSR count). The highest BCUT2D eigenvalue weighted by Gasteiger charge is 2.13. The lowest BCUT2D eigenvalue weighted by Gasteiger charge is -2.08. The number of aromatic nitrogens is 2. The molecule has 2 aromatic carbocycles. The number of ether oxygens (including phenoxy) is 2. The molecule has 0 radical (unpaired) electrons. The molecule has 0 aliphatic carbocycles. The molecule has 2 amide bonds. The lowest BCUT2D eigenvalue weighted by atomic mass is 10.2. The molecule has 2 heterocycles. The summed E-state index contributed by atoms with van der Waals surface area (Å²) < 4.78 is 18.3. The first-order valence-corrected chi connectivity index (χ1v) is 10.7. The van der Waals surface area contributed by atoms with Gasteiger partial charge in [0.1, 0.15) is 23.9 Å². The van der Waals surface area contributed by atoms with E-state index in [1.807, 2.05) is 19.1 Å². The summed E-state index contributed by atoms with van der Waals surface area (Å²) in [6.45, 7) is 2.70. The quantitative estimate of drug-likeness (QED) is 0.381. The number of carbonyl (C=O) groups excluding carboxylic acids is 2. The summed E-state index contributed by atoms with van der Waals surface area (Å²) in [7, 11) is 1.74. The molecular formula is C25H24N4O5. The first-order chi connectivity index (χ1) is 16.5. The van der Waals surface area contributed by atoms with Gasteiger partial charge < -0.3 is 24.5 Å². The fourth-order valence-electron chi connectivity index (χ4n) is 3.13. The van der Waals surface area contributed by atoms with Crippen molar-refractivity contribution in [1.82, 2.24) is 9.78 Å². The molecule has 2 N–H and O–H groups in total. The largest absolute Gasteiger partial charge is 0.494 e. The second-order valence-electron chi connectivity index (χ2n) is 7.32. The number of anilines is 2. The number of rotatable bonds is 9. The maximum atomic E-state index is 12.6. The van der Waals surface area contributed by atoms with Gasteiger partial charge in [-0.15, -0.1) is 0 Å². The van der Waals surface area contributed by atoms with Gasteiger partial charge in [0.25, 0.3) is 11.8 Å². The molecule has 0 bridgehead atoms. The van der Waals surface area contributed by atoms with Crippen molar-refractivity contribution in [2.24, 2.45) is 7.05 Å². The lowest BCUT2D eigenvalue weighted by Crippen LogP contribution is -2.14. The SMILES string of the molecule is CCOc1ccc(OCc2ccc(C(=O)Nc3cccc(NC(=O)c4ccn(C)n4)c3)o2)cc1. The number of hydrogen-bond donors (Lipinski definition) is 2. The fourth-order valence-corrected chi connectivity index (χ4v) is 3.13. The van der Waals surface area contributed by atoms with Gasteiger partial charge in [0.05, 0.1) is 6.61 Å². The van der Waals surface area contributed by atoms with Crippen LogP contribution in [-0.4, -0.2) is 28.2 Å². The van der Waals surface area contributed by atoms with Gasteiger partial charge in [0, 0.05) is 24.6 Å². The summed E-state index contributed by atoms with van der Waals surface area (Å²) in [6, 6.07) is 19.0. The highest BCUT2D eigenvalue weighted by atomic mass is 16.5. The van der Waals surface area contributed by atoms with E-state index in [2.05, 4.69) is 15.7 Å². The Morgan fingerprint density at radius 3 is 2.24 bits per heavy atom. The maximum Gasteiger partial charge on any atom is 0.291 e. The molecule has 0 saturated carbocycles. The normalized spacial score (nSPS) is 10.5. The minimum Gasteiger partial charge on any atom is -0.494 e. The summed E-state index contributed by atoms with van der Waals surface area (Å²) in [6.07, 6.45) is 1.69. The zero-order chi connectivity index (χ0) is 23.9. The summed E-state index contributed by atoms with van der Waals surface area (Å²) in [5.74, 6) is 1.33. The van der Waals surface area contributed by atoms with Crippen molar-refractivity contribution in [2.45, 2.75) is 13.5 Å². The Bertz CT molecular complexity index is 1280. The molecule has 0 aliphatic heterocycles. The van der Waals surface area contributed by atoms with Crippen LogP contribution in [0.4, 0.5) is 11.4 Å². The zero-order valence-electron chi connectivity index (χ0n) is 18.8. The van der Waals surface area contributed by atoms with Crippen LogP contribution >= 0.6 is 0 Å². The van der Waals surface area contributed by atoms with Crippen molar-refractivity contribution in [3.8, 4) is 11.5 Å². The van der Waals surface area contributed by atoms with Gasteiger partial charge in [-0.25, -0.2) is 0 Å². The standard InChI is InChI=1S/C25H24N4O5/c1-3-32-19-7-9-20(10-8-19)33-16-21-11-12-23(34-21)25(31)27-18-6-4-5-17(15-18)26-24(30)22-13-14-29(2)28-22/h4-15H,3,16H2,1-2H3,(H,26,30)(H,27,31). The predicted molar refractivity (Wildman–Crippen MR) is 126 cm³/mol. The third-order valence-electron chi connectivity index (χ3n) is 4.73. The highest BCUT2D eigenvalue weighted by molar-refractivity contribution is 6.04. The molecule has 0 atom stereocenters. The average molecular weight is 460 g/mol. The lowest BCUT2D eigenvalue weighted by molar-refractivity contribution is 0.0991. The van der Waals surface area contributed by atoms with Crippen LogP contribution in [0.5, 0.6) is 11.5 Å². The van der Waals surface area contributed by atoms with Gasteiger partial charge >= 0.3 is 0 Å². The number of furan rings is 1. The molecule has 0 fully saturated rings. The number of amides is 2. The highest BCUT2D eigenvalue weighted by Crippen LogP contribution is 2.20. The van der Waals surface area contributed by atoms with E-state index in [0.717, 1.165) is 5.75 Å². The number of nitrogens with one attached hydrogen (secondary N) is 2. The Morgan fingerprint density at radius 1 is 0.912 bits per heavy atom. The number of nitrogens with zero attached hydrogens (tertiary/aromatic N) is 2. The van der Waals surface area contributed by atoms with Crippen molar-refractivity contribution in [2.75, 3.05) is 17.2 Å². The van der Waals surface area contributed by atoms with Crippen molar-refractivity contribution in [3.05, 3.63) is 90.1 Å². The molecule has 0 unspecified atom stereocenters. The fraction of sp³-hybridized carbons (Fsp3) is 0.160. The van der Waals surface area contributed by atoms with Crippen molar-refractivity contribution in [1.29, 1.82) is 0 Å². The van der Waals surface area contributed by atoms with Gasteiger partial charge in [0.15, 0.2) is 11.5 Å². The first kappa shape index (κ1) is 22.7. The van der Waals surface area contributed by atoms with Gasteiger partial charge in [-0.05, 0) is 67.6 Å². The summed E-state index contributed by atoms with van der Waals surface area (Å²) in [4.78, 5) is 24.9. The number of aryl methyl sites for hydroxylation is 1. The Kier molecular flexibility index (Phi) is 6.92. The van der Waals surface area contributed by atoms with Gasteiger partial charge in [-0.1, -0.05) is 6.07 Å². The van der Waals surface area contributed by atoms with Crippen LogP contribution < -0.4 is 20.1 Å². The third-order valence-corrected chi connectivity index (χ3v) is 4.73. The van der Waals surface area contributed by atoms with Gasteiger partial charge in [-0.2, -0.15) is 5.10 Å². The molecule has 34 heavy (non-hydrogen) atoms. The first-order valence-electron chi connectivity index (χ1n) is 10.7. The summed E-state index contributed by atoms with van der Waals surface area (Å²) >= 11 is 0. The van der Waals surface area contributed by atoms with Crippen LogP contribution in [-0.2, 0) is 13.7 Å². The number of hydrogen-bond acceptors (Lipinski definition) is 6. The summed E-state index contributed by atoms with van der Waals surface area (Å²) in [5, 5.41) is 9.59. The Balaban J connectivity index is 1.32. The minimum absolute atomic E-state index is 0.146.